The molecule has 0 bridgehead atoms. The molecule has 1 aliphatic carbocycles. The van der Waals surface area contributed by atoms with Crippen LogP contribution in [0.15, 0.2) is 53.4 Å². The van der Waals surface area contributed by atoms with Gasteiger partial charge in [0.05, 0.1) is 22.4 Å². The van der Waals surface area contributed by atoms with Crippen LogP contribution in [0.25, 0.3) is 0 Å². The Hall–Kier alpha value is -2.54. The molecule has 0 heterocycles. The van der Waals surface area contributed by atoms with Gasteiger partial charge < -0.3 is 10.1 Å². The van der Waals surface area contributed by atoms with Gasteiger partial charge in [-0.25, -0.2) is 8.42 Å². The summed E-state index contributed by atoms with van der Waals surface area (Å²) in [6.07, 6.45) is 4.66. The molecule has 2 aromatic carbocycles. The molecule has 1 amide bonds. The highest BCUT2D eigenvalue weighted by Gasteiger charge is 2.19. The Labute approximate surface area is 153 Å². The molecular weight excluding hydrogens is 352 g/mol. The van der Waals surface area contributed by atoms with Gasteiger partial charge in [-0.2, -0.15) is 0 Å². The van der Waals surface area contributed by atoms with E-state index < -0.39 is 10.0 Å². The Balaban J connectivity index is 1.75. The molecule has 1 fully saturated rings. The summed E-state index contributed by atoms with van der Waals surface area (Å²) in [5.74, 6) is 0.402. The Kier molecular flexibility index (Phi) is 5.46. The number of ether oxygens (including phenoxy) is 1. The van der Waals surface area contributed by atoms with E-state index in [1.807, 2.05) is 0 Å². The van der Waals surface area contributed by atoms with Crippen molar-refractivity contribution in [2.24, 2.45) is 0 Å². The monoisotopic (exact) mass is 374 g/mol. The minimum absolute atomic E-state index is 0.133. The van der Waals surface area contributed by atoms with Crippen LogP contribution in [0.1, 0.15) is 32.6 Å². The van der Waals surface area contributed by atoms with E-state index in [-0.39, 0.29) is 16.9 Å². The number of nitrogens with one attached hydrogen (secondary N) is 2. The third-order valence-electron chi connectivity index (χ3n) is 4.22. The van der Waals surface area contributed by atoms with Crippen LogP contribution in [-0.2, 0) is 14.8 Å². The number of anilines is 2. The molecule has 2 aromatic rings. The largest absolute Gasteiger partial charge is 0.490 e. The van der Waals surface area contributed by atoms with Crippen molar-refractivity contribution < 1.29 is 17.9 Å². The van der Waals surface area contributed by atoms with E-state index in [4.69, 9.17) is 4.74 Å². The third-order valence-corrected chi connectivity index (χ3v) is 5.60. The van der Waals surface area contributed by atoms with Gasteiger partial charge in [-0.1, -0.05) is 12.1 Å². The van der Waals surface area contributed by atoms with Crippen LogP contribution in [0.4, 0.5) is 11.4 Å². The first-order chi connectivity index (χ1) is 12.4. The fourth-order valence-electron chi connectivity index (χ4n) is 2.97. The molecular formula is C19H22N2O4S. The van der Waals surface area contributed by atoms with E-state index in [0.717, 1.165) is 12.8 Å². The lowest BCUT2D eigenvalue weighted by molar-refractivity contribution is -0.114. The summed E-state index contributed by atoms with van der Waals surface area (Å²) in [6, 6.07) is 13.0. The van der Waals surface area contributed by atoms with Crippen LogP contribution in [0.5, 0.6) is 5.75 Å². The lowest BCUT2D eigenvalue weighted by atomic mass is 10.3. The van der Waals surface area contributed by atoms with E-state index in [2.05, 4.69) is 10.0 Å². The highest BCUT2D eigenvalue weighted by atomic mass is 32.2. The minimum atomic E-state index is -3.77. The predicted molar refractivity (Wildman–Crippen MR) is 101 cm³/mol. The lowest BCUT2D eigenvalue weighted by Crippen LogP contribution is -2.16. The molecule has 3 rings (SSSR count). The zero-order chi connectivity index (χ0) is 18.6. The third kappa shape index (κ3) is 4.54. The van der Waals surface area contributed by atoms with Gasteiger partial charge in [-0.3, -0.25) is 9.52 Å². The number of hydrogen-bond donors (Lipinski definition) is 2. The molecule has 1 saturated carbocycles. The van der Waals surface area contributed by atoms with Gasteiger partial charge in [0.1, 0.15) is 5.75 Å². The van der Waals surface area contributed by atoms with Crippen molar-refractivity contribution in [3.05, 3.63) is 48.5 Å². The molecule has 26 heavy (non-hydrogen) atoms. The van der Waals surface area contributed by atoms with Crippen molar-refractivity contribution in [2.75, 3.05) is 10.0 Å². The fraction of sp³-hybridized carbons (Fsp3) is 0.316. The van der Waals surface area contributed by atoms with E-state index >= 15 is 0 Å². The molecule has 0 aromatic heterocycles. The number of carbonyl (C=O) groups is 1. The average Bonchev–Trinajstić information content (AvgIpc) is 3.09. The van der Waals surface area contributed by atoms with Gasteiger partial charge in [0.2, 0.25) is 5.91 Å². The van der Waals surface area contributed by atoms with Crippen LogP contribution in [0.2, 0.25) is 0 Å². The average molecular weight is 374 g/mol. The Morgan fingerprint density at radius 2 is 1.62 bits per heavy atom. The number of amides is 1. The highest BCUT2D eigenvalue weighted by molar-refractivity contribution is 7.92. The number of rotatable bonds is 6. The number of hydrogen-bond acceptors (Lipinski definition) is 4. The molecule has 0 unspecified atom stereocenters. The normalized spacial score (nSPS) is 14.8. The smallest absolute Gasteiger partial charge is 0.261 e. The van der Waals surface area contributed by atoms with E-state index in [0.29, 0.717) is 17.1 Å². The van der Waals surface area contributed by atoms with Crippen LogP contribution in [-0.4, -0.2) is 20.4 Å². The van der Waals surface area contributed by atoms with Crippen molar-refractivity contribution in [1.82, 2.24) is 0 Å². The first kappa shape index (κ1) is 18.3. The zero-order valence-electron chi connectivity index (χ0n) is 14.6. The van der Waals surface area contributed by atoms with Crippen molar-refractivity contribution in [1.29, 1.82) is 0 Å². The van der Waals surface area contributed by atoms with E-state index in [1.165, 1.54) is 31.9 Å². The molecule has 0 saturated heterocycles. The van der Waals surface area contributed by atoms with Crippen LogP contribution in [0, 0.1) is 0 Å². The van der Waals surface area contributed by atoms with Gasteiger partial charge in [0, 0.05) is 6.92 Å². The second-order valence-corrected chi connectivity index (χ2v) is 8.01. The maximum atomic E-state index is 12.6. The molecule has 7 heteroatoms. The van der Waals surface area contributed by atoms with Crippen molar-refractivity contribution >= 4 is 27.3 Å². The quantitative estimate of drug-likeness (QED) is 0.806. The van der Waals surface area contributed by atoms with Crippen molar-refractivity contribution in [3.8, 4) is 5.75 Å². The first-order valence-corrected chi connectivity index (χ1v) is 10.1. The van der Waals surface area contributed by atoms with E-state index in [9.17, 15) is 13.2 Å². The number of sulfonamides is 1. The summed E-state index contributed by atoms with van der Waals surface area (Å²) >= 11 is 0. The summed E-state index contributed by atoms with van der Waals surface area (Å²) in [7, 11) is -3.77. The molecule has 0 spiro atoms. The SMILES string of the molecule is CC(=O)Nc1ccccc1NS(=O)(=O)c1ccc(OC2CCCC2)cc1. The highest BCUT2D eigenvalue weighted by Crippen LogP contribution is 2.27. The van der Waals surface area contributed by atoms with Gasteiger partial charge >= 0.3 is 0 Å². The molecule has 6 nitrogen and oxygen atoms in total. The topological polar surface area (TPSA) is 84.5 Å². The summed E-state index contributed by atoms with van der Waals surface area (Å²) in [6.45, 7) is 1.37. The van der Waals surface area contributed by atoms with E-state index in [1.54, 1.807) is 36.4 Å². The maximum absolute atomic E-state index is 12.6. The summed E-state index contributed by atoms with van der Waals surface area (Å²) in [5, 5.41) is 2.61. The van der Waals surface area contributed by atoms with Crippen molar-refractivity contribution in [3.63, 3.8) is 0 Å². The Morgan fingerprint density at radius 3 is 2.23 bits per heavy atom. The number of benzene rings is 2. The van der Waals surface area contributed by atoms with Gasteiger partial charge in [0.15, 0.2) is 0 Å². The number of para-hydroxylation sites is 2. The minimum Gasteiger partial charge on any atom is -0.490 e. The molecule has 138 valence electrons. The Bertz CT molecular complexity index is 873. The molecule has 2 N–H and O–H groups in total. The Morgan fingerprint density at radius 1 is 1.00 bits per heavy atom. The van der Waals surface area contributed by atoms with Crippen LogP contribution in [0.3, 0.4) is 0 Å². The van der Waals surface area contributed by atoms with Crippen LogP contribution >= 0.6 is 0 Å². The maximum Gasteiger partial charge on any atom is 0.261 e. The fourth-order valence-corrected chi connectivity index (χ4v) is 4.05. The van der Waals surface area contributed by atoms with Gasteiger partial charge in [-0.15, -0.1) is 0 Å². The predicted octanol–water partition coefficient (Wildman–Crippen LogP) is 3.77. The van der Waals surface area contributed by atoms with Crippen molar-refractivity contribution in [2.45, 2.75) is 43.6 Å². The molecule has 0 radical (unpaired) electrons. The second-order valence-electron chi connectivity index (χ2n) is 6.33. The van der Waals surface area contributed by atoms with Gasteiger partial charge in [-0.05, 0) is 62.1 Å². The zero-order valence-corrected chi connectivity index (χ0v) is 15.4. The van der Waals surface area contributed by atoms with Crippen LogP contribution < -0.4 is 14.8 Å². The summed E-state index contributed by atoms with van der Waals surface area (Å²) in [4.78, 5) is 11.4. The molecule has 0 atom stereocenters. The first-order valence-electron chi connectivity index (χ1n) is 8.60. The summed E-state index contributed by atoms with van der Waals surface area (Å²) in [5.41, 5.74) is 0.721. The molecule has 0 aliphatic heterocycles. The molecule has 1 aliphatic rings. The number of carbonyl (C=O) groups excluding carboxylic acids is 1. The standard InChI is InChI=1S/C19H22N2O4S/c1-14(22)20-18-8-4-5-9-19(18)21-26(23,24)17-12-10-16(11-13-17)25-15-6-2-3-7-15/h4-5,8-13,15,21H,2-3,6-7H2,1H3,(H,20,22). The van der Waals surface area contributed by atoms with Gasteiger partial charge in [0.25, 0.3) is 10.0 Å². The summed E-state index contributed by atoms with van der Waals surface area (Å²) < 4.78 is 33.6. The second kappa shape index (κ2) is 7.78. The lowest BCUT2D eigenvalue weighted by Gasteiger charge is -2.15.